The van der Waals surface area contributed by atoms with Crippen molar-refractivity contribution in [2.75, 3.05) is 7.05 Å². The molecule has 0 spiro atoms. The second-order valence-corrected chi connectivity index (χ2v) is 5.08. The van der Waals surface area contributed by atoms with Gasteiger partial charge in [-0.1, -0.05) is 31.4 Å². The van der Waals surface area contributed by atoms with Crippen LogP contribution in [0.2, 0.25) is 0 Å². The molecule has 3 nitrogen and oxygen atoms in total. The Morgan fingerprint density at radius 2 is 2.06 bits per heavy atom. The first-order valence-corrected chi connectivity index (χ1v) is 6.63. The molecule has 1 atom stereocenters. The van der Waals surface area contributed by atoms with Crippen LogP contribution in [0.1, 0.15) is 43.7 Å². The number of benzene rings is 1. The van der Waals surface area contributed by atoms with Crippen molar-refractivity contribution in [2.24, 2.45) is 0 Å². The molecule has 1 fully saturated rings. The second-order valence-electron chi connectivity index (χ2n) is 5.08. The normalized spacial score (nSPS) is 18.5. The highest BCUT2D eigenvalue weighted by atomic mass is 16.3. The summed E-state index contributed by atoms with van der Waals surface area (Å²) in [5.74, 6) is 0.227. The molecule has 1 aliphatic rings. The molecule has 0 heterocycles. The van der Waals surface area contributed by atoms with Gasteiger partial charge in [0.1, 0.15) is 11.8 Å². The lowest BCUT2D eigenvalue weighted by molar-refractivity contribution is 0.164. The Morgan fingerprint density at radius 3 is 2.67 bits per heavy atom. The van der Waals surface area contributed by atoms with Gasteiger partial charge in [-0.3, -0.25) is 4.90 Å². The number of rotatable bonds is 3. The van der Waals surface area contributed by atoms with Gasteiger partial charge >= 0.3 is 0 Å². The van der Waals surface area contributed by atoms with Gasteiger partial charge in [-0.05, 0) is 37.6 Å². The zero-order chi connectivity index (χ0) is 13.0. The van der Waals surface area contributed by atoms with E-state index in [0.29, 0.717) is 6.04 Å². The molecular weight excluding hydrogens is 224 g/mol. The molecule has 3 heteroatoms. The van der Waals surface area contributed by atoms with Crippen molar-refractivity contribution in [2.45, 2.75) is 44.2 Å². The van der Waals surface area contributed by atoms with Gasteiger partial charge in [-0.25, -0.2) is 0 Å². The van der Waals surface area contributed by atoms with Gasteiger partial charge in [0.25, 0.3) is 0 Å². The van der Waals surface area contributed by atoms with Crippen LogP contribution in [0.25, 0.3) is 0 Å². The van der Waals surface area contributed by atoms with Crippen LogP contribution in [0.5, 0.6) is 5.75 Å². The minimum Gasteiger partial charge on any atom is -0.508 e. The van der Waals surface area contributed by atoms with Crippen LogP contribution in [0.3, 0.4) is 0 Å². The maximum atomic E-state index is 9.52. The summed E-state index contributed by atoms with van der Waals surface area (Å²) in [6, 6.07) is 9.62. The molecule has 0 saturated heterocycles. The third-order valence-electron chi connectivity index (χ3n) is 3.87. The first kappa shape index (κ1) is 12.9. The third-order valence-corrected chi connectivity index (χ3v) is 3.87. The number of aromatic hydroxyl groups is 1. The maximum Gasteiger partial charge on any atom is 0.123 e. The van der Waals surface area contributed by atoms with Crippen molar-refractivity contribution in [3.63, 3.8) is 0 Å². The van der Waals surface area contributed by atoms with Crippen LogP contribution in [0.4, 0.5) is 0 Å². The summed E-state index contributed by atoms with van der Waals surface area (Å²) in [6.07, 6.45) is 6.18. The lowest BCUT2D eigenvalue weighted by Gasteiger charge is -2.34. The maximum absolute atomic E-state index is 9.52. The summed E-state index contributed by atoms with van der Waals surface area (Å²) in [5, 5.41) is 18.9. The molecular formula is C15H20N2O. The predicted molar refractivity (Wildman–Crippen MR) is 71.1 cm³/mol. The molecule has 0 bridgehead atoms. The second kappa shape index (κ2) is 5.88. The summed E-state index contributed by atoms with van der Waals surface area (Å²) in [7, 11) is 2.02. The minimum absolute atomic E-state index is 0.227. The molecule has 1 aromatic carbocycles. The number of hydrogen-bond acceptors (Lipinski definition) is 3. The number of phenolic OH excluding ortho intramolecular Hbond substituents is 1. The van der Waals surface area contributed by atoms with Crippen molar-refractivity contribution in [3.8, 4) is 11.8 Å². The quantitative estimate of drug-likeness (QED) is 0.888. The molecule has 1 N–H and O–H groups in total. The van der Waals surface area contributed by atoms with E-state index in [2.05, 4.69) is 11.0 Å². The number of hydrogen-bond donors (Lipinski definition) is 1. The highest BCUT2D eigenvalue weighted by Crippen LogP contribution is 2.29. The van der Waals surface area contributed by atoms with Crippen molar-refractivity contribution < 1.29 is 5.11 Å². The first-order chi connectivity index (χ1) is 8.72. The lowest BCUT2D eigenvalue weighted by Crippen LogP contribution is -2.36. The van der Waals surface area contributed by atoms with E-state index in [0.717, 1.165) is 5.56 Å². The van der Waals surface area contributed by atoms with Crippen LogP contribution in [-0.2, 0) is 0 Å². The van der Waals surface area contributed by atoms with Crippen molar-refractivity contribution >= 4 is 0 Å². The minimum atomic E-state index is -0.264. The van der Waals surface area contributed by atoms with Crippen LogP contribution < -0.4 is 0 Å². The van der Waals surface area contributed by atoms with Gasteiger partial charge in [0.05, 0.1) is 6.07 Å². The van der Waals surface area contributed by atoms with Gasteiger partial charge in [0.2, 0.25) is 0 Å². The zero-order valence-corrected chi connectivity index (χ0v) is 10.8. The Bertz CT molecular complexity index is 432. The monoisotopic (exact) mass is 244 g/mol. The van der Waals surface area contributed by atoms with Gasteiger partial charge < -0.3 is 5.11 Å². The molecule has 0 amide bonds. The Hall–Kier alpha value is -1.53. The largest absolute Gasteiger partial charge is 0.508 e. The van der Waals surface area contributed by atoms with E-state index in [1.54, 1.807) is 18.2 Å². The van der Waals surface area contributed by atoms with Crippen molar-refractivity contribution in [1.29, 1.82) is 5.26 Å². The highest BCUT2D eigenvalue weighted by Gasteiger charge is 2.25. The van der Waals surface area contributed by atoms with Crippen LogP contribution in [0, 0.1) is 11.3 Å². The van der Waals surface area contributed by atoms with Gasteiger partial charge in [-0.2, -0.15) is 5.26 Å². The van der Waals surface area contributed by atoms with Crippen LogP contribution in [-0.4, -0.2) is 23.1 Å². The average Bonchev–Trinajstić information content (AvgIpc) is 2.40. The van der Waals surface area contributed by atoms with E-state index >= 15 is 0 Å². The van der Waals surface area contributed by atoms with E-state index in [4.69, 9.17) is 0 Å². The Morgan fingerprint density at radius 1 is 1.33 bits per heavy atom. The van der Waals surface area contributed by atoms with E-state index in [9.17, 15) is 10.4 Å². The van der Waals surface area contributed by atoms with Crippen LogP contribution >= 0.6 is 0 Å². The zero-order valence-electron chi connectivity index (χ0n) is 10.8. The van der Waals surface area contributed by atoms with E-state index in [1.165, 1.54) is 32.1 Å². The molecule has 1 saturated carbocycles. The van der Waals surface area contributed by atoms with Gasteiger partial charge in [-0.15, -0.1) is 0 Å². The number of phenols is 1. The van der Waals surface area contributed by atoms with Crippen molar-refractivity contribution in [3.05, 3.63) is 29.8 Å². The summed E-state index contributed by atoms with van der Waals surface area (Å²) in [5.41, 5.74) is 0.880. The number of nitriles is 1. The Labute approximate surface area is 109 Å². The SMILES string of the molecule is CN(C1CCCCC1)C(C#N)c1cccc(O)c1. The predicted octanol–water partition coefficient (Wildman–Crippen LogP) is 3.22. The summed E-state index contributed by atoms with van der Waals surface area (Å²) >= 11 is 0. The van der Waals surface area contributed by atoms with E-state index in [1.807, 2.05) is 13.1 Å². The molecule has 0 aliphatic heterocycles. The van der Waals surface area contributed by atoms with E-state index in [-0.39, 0.29) is 11.8 Å². The molecule has 2 rings (SSSR count). The average molecular weight is 244 g/mol. The molecule has 18 heavy (non-hydrogen) atoms. The fraction of sp³-hybridized carbons (Fsp3) is 0.533. The fourth-order valence-corrected chi connectivity index (χ4v) is 2.79. The summed E-state index contributed by atoms with van der Waals surface area (Å²) in [6.45, 7) is 0. The molecule has 1 aliphatic carbocycles. The van der Waals surface area contributed by atoms with Crippen LogP contribution in [0.15, 0.2) is 24.3 Å². The Balaban J connectivity index is 2.15. The van der Waals surface area contributed by atoms with Gasteiger partial charge in [0.15, 0.2) is 0 Å². The molecule has 96 valence electrons. The molecule has 0 aromatic heterocycles. The standard InChI is InChI=1S/C15H20N2O/c1-17(13-7-3-2-4-8-13)15(11-16)12-6-5-9-14(18)10-12/h5-6,9-10,13,15,18H,2-4,7-8H2,1H3. The third kappa shape index (κ3) is 2.83. The first-order valence-electron chi connectivity index (χ1n) is 6.63. The smallest absolute Gasteiger partial charge is 0.123 e. The fourth-order valence-electron chi connectivity index (χ4n) is 2.79. The Kier molecular flexibility index (Phi) is 4.22. The molecule has 1 unspecified atom stereocenters. The number of nitrogens with zero attached hydrogens (tertiary/aromatic N) is 2. The molecule has 1 aromatic rings. The van der Waals surface area contributed by atoms with Gasteiger partial charge in [0, 0.05) is 6.04 Å². The highest BCUT2D eigenvalue weighted by molar-refractivity contribution is 5.32. The van der Waals surface area contributed by atoms with Crippen molar-refractivity contribution in [1.82, 2.24) is 4.90 Å². The molecule has 0 radical (unpaired) electrons. The topological polar surface area (TPSA) is 47.3 Å². The summed E-state index contributed by atoms with van der Waals surface area (Å²) in [4.78, 5) is 2.16. The summed E-state index contributed by atoms with van der Waals surface area (Å²) < 4.78 is 0. The van der Waals surface area contributed by atoms with E-state index < -0.39 is 0 Å². The lowest BCUT2D eigenvalue weighted by atomic mass is 9.92.